The van der Waals surface area contributed by atoms with Gasteiger partial charge in [-0.3, -0.25) is 10.1 Å². The Bertz CT molecular complexity index is 1040. The van der Waals surface area contributed by atoms with Crippen molar-refractivity contribution in [2.24, 2.45) is 0 Å². The van der Waals surface area contributed by atoms with Gasteiger partial charge in [0, 0.05) is 23.2 Å². The van der Waals surface area contributed by atoms with Crippen LogP contribution in [0.15, 0.2) is 52.5 Å². The van der Waals surface area contributed by atoms with E-state index in [-0.39, 0.29) is 4.90 Å². The van der Waals surface area contributed by atoms with E-state index in [1.807, 2.05) is 6.92 Å². The molecule has 6 nitrogen and oxygen atoms in total. The standard InChI is InChI=1S/C18H14ClF3N4O2S/c1-2-9-25-16(11-3-6-13(19)7-4-11)23-24-17(25)29-15-8-5-12(18(20,21)22)10-14(15)26(27)28/h3-8,10H,2,9H2,1H3. The minimum Gasteiger partial charge on any atom is -0.302 e. The van der Waals surface area contributed by atoms with Crippen LogP contribution in [0.1, 0.15) is 18.9 Å². The average Bonchev–Trinajstić information content (AvgIpc) is 3.04. The Hall–Kier alpha value is -2.59. The van der Waals surface area contributed by atoms with Crippen molar-refractivity contribution in [3.05, 3.63) is 63.2 Å². The lowest BCUT2D eigenvalue weighted by molar-refractivity contribution is -0.388. The van der Waals surface area contributed by atoms with Crippen LogP contribution in [-0.2, 0) is 12.7 Å². The molecule has 1 aromatic heterocycles. The highest BCUT2D eigenvalue weighted by Gasteiger charge is 2.33. The Morgan fingerprint density at radius 1 is 1.17 bits per heavy atom. The first kappa shape index (κ1) is 21.1. The van der Waals surface area contributed by atoms with Gasteiger partial charge in [0.2, 0.25) is 0 Å². The predicted octanol–water partition coefficient (Wildman–Crippen LogP) is 6.09. The van der Waals surface area contributed by atoms with Gasteiger partial charge >= 0.3 is 6.18 Å². The van der Waals surface area contributed by atoms with E-state index >= 15 is 0 Å². The monoisotopic (exact) mass is 442 g/mol. The summed E-state index contributed by atoms with van der Waals surface area (Å²) in [7, 11) is 0. The maximum atomic E-state index is 12.9. The van der Waals surface area contributed by atoms with E-state index in [0.29, 0.717) is 28.6 Å². The third-order valence-electron chi connectivity index (χ3n) is 3.95. The molecule has 11 heteroatoms. The van der Waals surface area contributed by atoms with Gasteiger partial charge < -0.3 is 4.57 Å². The van der Waals surface area contributed by atoms with Gasteiger partial charge in [-0.05, 0) is 54.6 Å². The number of alkyl halides is 3. The number of nitrogens with zero attached hydrogens (tertiary/aromatic N) is 4. The van der Waals surface area contributed by atoms with Crippen molar-refractivity contribution in [3.63, 3.8) is 0 Å². The molecule has 3 rings (SSSR count). The third-order valence-corrected chi connectivity index (χ3v) is 5.25. The first-order valence-corrected chi connectivity index (χ1v) is 9.62. The number of hydrogen-bond donors (Lipinski definition) is 0. The Labute approximate surface area is 172 Å². The van der Waals surface area contributed by atoms with Crippen molar-refractivity contribution < 1.29 is 18.1 Å². The predicted molar refractivity (Wildman–Crippen MR) is 103 cm³/mol. The molecule has 0 atom stereocenters. The van der Waals surface area contributed by atoms with Crippen LogP contribution in [0.4, 0.5) is 18.9 Å². The second-order valence-corrected chi connectivity index (χ2v) is 7.45. The highest BCUT2D eigenvalue weighted by Crippen LogP contribution is 2.39. The smallest absolute Gasteiger partial charge is 0.302 e. The first-order chi connectivity index (χ1) is 13.7. The van der Waals surface area contributed by atoms with Crippen LogP contribution in [0.5, 0.6) is 0 Å². The molecule has 2 aromatic carbocycles. The van der Waals surface area contributed by atoms with E-state index in [1.165, 1.54) is 0 Å². The number of hydrogen-bond acceptors (Lipinski definition) is 5. The molecule has 0 aliphatic heterocycles. The van der Waals surface area contributed by atoms with Crippen LogP contribution >= 0.6 is 23.4 Å². The van der Waals surface area contributed by atoms with Crippen LogP contribution in [0, 0.1) is 10.1 Å². The third kappa shape index (κ3) is 4.70. The van der Waals surface area contributed by atoms with E-state index in [4.69, 9.17) is 11.6 Å². The highest BCUT2D eigenvalue weighted by atomic mass is 35.5. The number of benzene rings is 2. The summed E-state index contributed by atoms with van der Waals surface area (Å²) in [6.45, 7) is 2.47. The van der Waals surface area contributed by atoms with E-state index in [2.05, 4.69) is 10.2 Å². The fourth-order valence-corrected chi connectivity index (χ4v) is 3.69. The maximum Gasteiger partial charge on any atom is 0.416 e. The van der Waals surface area contributed by atoms with E-state index < -0.39 is 22.4 Å². The number of nitro benzene ring substituents is 1. The number of nitro groups is 1. The molecule has 0 radical (unpaired) electrons. The van der Waals surface area contributed by atoms with Crippen molar-refractivity contribution >= 4 is 29.1 Å². The van der Waals surface area contributed by atoms with Gasteiger partial charge in [-0.25, -0.2) is 0 Å². The lowest BCUT2D eigenvalue weighted by Gasteiger charge is -2.10. The minimum absolute atomic E-state index is 0.0513. The number of aromatic nitrogens is 3. The van der Waals surface area contributed by atoms with E-state index in [9.17, 15) is 23.3 Å². The molecule has 152 valence electrons. The lowest BCUT2D eigenvalue weighted by atomic mass is 10.2. The highest BCUT2D eigenvalue weighted by molar-refractivity contribution is 7.99. The van der Waals surface area contributed by atoms with Gasteiger partial charge in [0.05, 0.1) is 15.4 Å². The van der Waals surface area contributed by atoms with E-state index in [0.717, 1.165) is 35.9 Å². The van der Waals surface area contributed by atoms with Gasteiger partial charge in [0.15, 0.2) is 11.0 Å². The summed E-state index contributed by atoms with van der Waals surface area (Å²) in [5, 5.41) is 20.5. The summed E-state index contributed by atoms with van der Waals surface area (Å²) < 4.78 is 40.5. The zero-order chi connectivity index (χ0) is 21.2. The topological polar surface area (TPSA) is 73.8 Å². The molecule has 0 N–H and O–H groups in total. The summed E-state index contributed by atoms with van der Waals surface area (Å²) >= 11 is 6.81. The Kier molecular flexibility index (Phi) is 6.13. The van der Waals surface area contributed by atoms with Gasteiger partial charge in [0.25, 0.3) is 5.69 Å². The molecule has 0 saturated heterocycles. The van der Waals surface area contributed by atoms with Crippen LogP contribution in [0.2, 0.25) is 5.02 Å². The molecule has 0 unspecified atom stereocenters. The summed E-state index contributed by atoms with van der Waals surface area (Å²) in [4.78, 5) is 10.5. The minimum atomic E-state index is -4.67. The molecule has 0 fully saturated rings. The summed E-state index contributed by atoms with van der Waals surface area (Å²) in [5.41, 5.74) is -0.960. The van der Waals surface area contributed by atoms with Crippen molar-refractivity contribution in [2.75, 3.05) is 0 Å². The SMILES string of the molecule is CCCn1c(Sc2ccc(C(F)(F)F)cc2[N+](=O)[O-])nnc1-c1ccc(Cl)cc1. The second-order valence-electron chi connectivity index (χ2n) is 6.00. The Morgan fingerprint density at radius 3 is 2.45 bits per heavy atom. The molecule has 0 bridgehead atoms. The average molecular weight is 443 g/mol. The molecular weight excluding hydrogens is 429 g/mol. The van der Waals surface area contributed by atoms with Gasteiger partial charge in [-0.2, -0.15) is 13.2 Å². The van der Waals surface area contributed by atoms with Crippen molar-refractivity contribution in [2.45, 2.75) is 36.1 Å². The molecule has 0 aliphatic carbocycles. The zero-order valence-corrected chi connectivity index (χ0v) is 16.6. The lowest BCUT2D eigenvalue weighted by Crippen LogP contribution is -2.06. The summed E-state index contributed by atoms with van der Waals surface area (Å²) in [6.07, 6.45) is -3.93. The number of halogens is 4. The Balaban J connectivity index is 2.02. The van der Waals surface area contributed by atoms with Crippen LogP contribution < -0.4 is 0 Å². The fraction of sp³-hybridized carbons (Fsp3) is 0.222. The van der Waals surface area contributed by atoms with Gasteiger partial charge in [0.1, 0.15) is 0 Å². The maximum absolute atomic E-state index is 12.9. The molecule has 1 heterocycles. The summed E-state index contributed by atoms with van der Waals surface area (Å²) in [6, 6.07) is 9.38. The normalized spacial score (nSPS) is 11.6. The molecule has 29 heavy (non-hydrogen) atoms. The van der Waals surface area contributed by atoms with Crippen LogP contribution in [-0.4, -0.2) is 19.7 Å². The van der Waals surface area contributed by atoms with Crippen molar-refractivity contribution in [3.8, 4) is 11.4 Å². The van der Waals surface area contributed by atoms with Crippen LogP contribution in [0.25, 0.3) is 11.4 Å². The molecule has 0 saturated carbocycles. The largest absolute Gasteiger partial charge is 0.416 e. The molecular formula is C18H14ClF3N4O2S. The molecule has 3 aromatic rings. The van der Waals surface area contributed by atoms with Crippen molar-refractivity contribution in [1.82, 2.24) is 14.8 Å². The first-order valence-electron chi connectivity index (χ1n) is 8.43. The number of rotatable bonds is 6. The van der Waals surface area contributed by atoms with Crippen molar-refractivity contribution in [1.29, 1.82) is 0 Å². The Morgan fingerprint density at radius 2 is 1.86 bits per heavy atom. The molecule has 0 amide bonds. The summed E-state index contributed by atoms with van der Waals surface area (Å²) in [5.74, 6) is 0.542. The van der Waals surface area contributed by atoms with Gasteiger partial charge in [-0.1, -0.05) is 18.5 Å². The van der Waals surface area contributed by atoms with Crippen LogP contribution in [0.3, 0.4) is 0 Å². The molecule has 0 aliphatic rings. The zero-order valence-electron chi connectivity index (χ0n) is 15.0. The quantitative estimate of drug-likeness (QED) is 0.341. The van der Waals surface area contributed by atoms with Gasteiger partial charge in [-0.15, -0.1) is 10.2 Å². The fourth-order valence-electron chi connectivity index (χ4n) is 2.62. The molecule has 0 spiro atoms. The van der Waals surface area contributed by atoms with E-state index in [1.54, 1.807) is 28.8 Å². The second kappa shape index (κ2) is 8.42.